The molecule has 0 unspecified atom stereocenters. The number of fused-ring (bicyclic) bond motifs is 1. The summed E-state index contributed by atoms with van der Waals surface area (Å²) < 4.78 is 49.5. The zero-order chi connectivity index (χ0) is 28.5. The van der Waals surface area contributed by atoms with E-state index in [-0.39, 0.29) is 42.3 Å². The fourth-order valence-corrected chi connectivity index (χ4v) is 5.12. The van der Waals surface area contributed by atoms with Gasteiger partial charge >= 0.3 is 12.1 Å². The Morgan fingerprint density at radius 3 is 2.36 bits per heavy atom. The van der Waals surface area contributed by atoms with Crippen LogP contribution in [0, 0.1) is 11.8 Å². The van der Waals surface area contributed by atoms with Crippen molar-refractivity contribution in [3.8, 4) is 0 Å². The van der Waals surface area contributed by atoms with Crippen molar-refractivity contribution >= 4 is 40.6 Å². The van der Waals surface area contributed by atoms with Crippen molar-refractivity contribution in [3.05, 3.63) is 47.0 Å². The molecule has 2 heterocycles. The highest BCUT2D eigenvalue weighted by Crippen LogP contribution is 2.40. The number of benzene rings is 1. The number of aromatic nitrogens is 4. The Bertz CT molecular complexity index is 1340. The average molecular weight is 569 g/mol. The molecule has 10 nitrogen and oxygen atoms in total. The molecule has 3 aromatic rings. The van der Waals surface area contributed by atoms with Crippen LogP contribution in [0.4, 0.5) is 24.5 Å². The first kappa shape index (κ1) is 28.6. The Kier molecular flexibility index (Phi) is 8.31. The SMILES string of the molecule is CO[C@@H](C)c1c(Nc2ccc([C@H](N(C)C(=O)C3CCC(C(=O)O)CC3)C(F)(F)F)cc2)cnc2nc(Cl)nn12. The third kappa shape index (κ3) is 6.09. The number of nitrogens with zero attached hydrogens (tertiary/aromatic N) is 5. The van der Waals surface area contributed by atoms with Crippen molar-refractivity contribution in [1.82, 2.24) is 24.5 Å². The molecule has 0 spiro atoms. The van der Waals surface area contributed by atoms with Crippen LogP contribution >= 0.6 is 11.6 Å². The van der Waals surface area contributed by atoms with Gasteiger partial charge in [0.15, 0.2) is 6.04 Å². The fourth-order valence-electron chi connectivity index (χ4n) is 4.97. The molecule has 39 heavy (non-hydrogen) atoms. The highest BCUT2D eigenvalue weighted by atomic mass is 35.5. The van der Waals surface area contributed by atoms with E-state index in [1.807, 2.05) is 0 Å². The van der Waals surface area contributed by atoms with Gasteiger partial charge in [-0.2, -0.15) is 22.7 Å². The van der Waals surface area contributed by atoms with Crippen LogP contribution < -0.4 is 5.32 Å². The predicted octanol–water partition coefficient (Wildman–Crippen LogP) is 5.18. The molecule has 1 fully saturated rings. The zero-order valence-electron chi connectivity index (χ0n) is 21.4. The molecule has 14 heteroatoms. The van der Waals surface area contributed by atoms with E-state index in [1.165, 1.54) is 42.1 Å². The number of carboxylic acid groups (broad SMARTS) is 1. The number of nitrogens with one attached hydrogen (secondary N) is 1. The molecular weight excluding hydrogens is 541 g/mol. The topological polar surface area (TPSA) is 122 Å². The summed E-state index contributed by atoms with van der Waals surface area (Å²) in [6.45, 7) is 1.79. The average Bonchev–Trinajstić information content (AvgIpc) is 3.28. The van der Waals surface area contributed by atoms with Crippen molar-refractivity contribution in [2.75, 3.05) is 19.5 Å². The molecule has 1 saturated carbocycles. The molecule has 0 bridgehead atoms. The van der Waals surface area contributed by atoms with Crippen molar-refractivity contribution in [2.45, 2.75) is 50.9 Å². The molecule has 2 aromatic heterocycles. The molecule has 1 aliphatic rings. The lowest BCUT2D eigenvalue weighted by Gasteiger charge is -2.35. The lowest BCUT2D eigenvalue weighted by Crippen LogP contribution is -2.43. The summed E-state index contributed by atoms with van der Waals surface area (Å²) in [6.07, 6.45) is -2.65. The molecule has 0 aliphatic heterocycles. The number of rotatable bonds is 8. The number of methoxy groups -OCH3 is 1. The minimum absolute atomic E-state index is 0.000320. The van der Waals surface area contributed by atoms with Crippen molar-refractivity contribution < 1.29 is 32.6 Å². The van der Waals surface area contributed by atoms with E-state index in [1.54, 1.807) is 6.92 Å². The minimum atomic E-state index is -4.72. The van der Waals surface area contributed by atoms with Gasteiger partial charge in [-0.05, 0) is 61.9 Å². The normalized spacial score (nSPS) is 19.5. The molecule has 210 valence electrons. The summed E-state index contributed by atoms with van der Waals surface area (Å²) in [7, 11) is 2.65. The number of aliphatic carboxylic acids is 1. The standard InChI is InChI=1S/C25H28ClF3N6O4/c1-13(39-3)19-18(12-30-24-32-23(26)33-35(19)24)31-17-10-8-14(9-11-17)20(25(27,28)29)34(2)21(36)15-4-6-16(7-5-15)22(37)38/h8-13,15-16,20,31H,4-7H2,1-3H3,(H,37,38)/t13-,15?,16?,20-/m0/s1. The lowest BCUT2D eigenvalue weighted by molar-refractivity contribution is -0.191. The number of hydrogen-bond acceptors (Lipinski definition) is 7. The minimum Gasteiger partial charge on any atom is -0.481 e. The molecule has 1 aliphatic carbocycles. The first-order valence-corrected chi connectivity index (χ1v) is 12.7. The van der Waals surface area contributed by atoms with E-state index in [9.17, 15) is 22.8 Å². The summed E-state index contributed by atoms with van der Waals surface area (Å²) >= 11 is 5.93. The van der Waals surface area contributed by atoms with Crippen LogP contribution in [0.3, 0.4) is 0 Å². The van der Waals surface area contributed by atoms with Gasteiger partial charge in [0, 0.05) is 25.8 Å². The maximum absolute atomic E-state index is 14.2. The summed E-state index contributed by atoms with van der Waals surface area (Å²) in [6, 6.07) is 3.41. The first-order chi connectivity index (χ1) is 18.4. The molecule has 2 N–H and O–H groups in total. The van der Waals surface area contributed by atoms with E-state index >= 15 is 0 Å². The Labute approximate surface area is 227 Å². The molecule has 0 saturated heterocycles. The highest BCUT2D eigenvalue weighted by Gasteiger charge is 2.46. The maximum atomic E-state index is 14.2. The van der Waals surface area contributed by atoms with Crippen LogP contribution in [-0.2, 0) is 14.3 Å². The van der Waals surface area contributed by atoms with Gasteiger partial charge in [0.2, 0.25) is 11.2 Å². The number of amides is 1. The predicted molar refractivity (Wildman–Crippen MR) is 136 cm³/mol. The van der Waals surface area contributed by atoms with Crippen LogP contribution in [-0.4, -0.2) is 61.8 Å². The number of alkyl halides is 3. The maximum Gasteiger partial charge on any atom is 0.413 e. The van der Waals surface area contributed by atoms with Crippen molar-refractivity contribution in [3.63, 3.8) is 0 Å². The lowest BCUT2D eigenvalue weighted by atomic mass is 9.81. The number of carbonyl (C=O) groups is 2. The second kappa shape index (κ2) is 11.3. The van der Waals surface area contributed by atoms with Crippen LogP contribution in [0.15, 0.2) is 30.5 Å². The van der Waals surface area contributed by atoms with Gasteiger partial charge < -0.3 is 20.1 Å². The third-order valence-electron chi connectivity index (χ3n) is 7.09. The van der Waals surface area contributed by atoms with Gasteiger partial charge in [-0.3, -0.25) is 9.59 Å². The second-order valence-corrected chi connectivity index (χ2v) is 9.89. The monoisotopic (exact) mass is 568 g/mol. The van der Waals surface area contributed by atoms with E-state index in [0.29, 0.717) is 17.1 Å². The van der Waals surface area contributed by atoms with Gasteiger partial charge in [0.1, 0.15) is 0 Å². The number of carboxylic acids is 1. The third-order valence-corrected chi connectivity index (χ3v) is 7.25. The molecule has 1 amide bonds. The molecular formula is C25H28ClF3N6O4. The van der Waals surface area contributed by atoms with Gasteiger partial charge in [-0.25, -0.2) is 4.98 Å². The van der Waals surface area contributed by atoms with E-state index in [0.717, 1.165) is 11.9 Å². The van der Waals surface area contributed by atoms with Gasteiger partial charge in [0.05, 0.1) is 29.6 Å². The second-order valence-electron chi connectivity index (χ2n) is 9.55. The van der Waals surface area contributed by atoms with Crippen molar-refractivity contribution in [1.29, 1.82) is 0 Å². The summed E-state index contributed by atoms with van der Waals surface area (Å²) in [4.78, 5) is 33.2. The Hall–Kier alpha value is -3.45. The quantitative estimate of drug-likeness (QED) is 0.381. The summed E-state index contributed by atoms with van der Waals surface area (Å²) in [5.74, 6) is -2.54. The number of halogens is 4. The summed E-state index contributed by atoms with van der Waals surface area (Å²) in [5, 5.41) is 16.4. The fraction of sp³-hybridized carbons (Fsp3) is 0.480. The largest absolute Gasteiger partial charge is 0.481 e. The number of hydrogen-bond donors (Lipinski definition) is 2. The van der Waals surface area contributed by atoms with Gasteiger partial charge in [-0.1, -0.05) is 12.1 Å². The highest BCUT2D eigenvalue weighted by molar-refractivity contribution is 6.28. The van der Waals surface area contributed by atoms with Gasteiger partial charge in [-0.15, -0.1) is 5.10 Å². The van der Waals surface area contributed by atoms with E-state index in [4.69, 9.17) is 21.4 Å². The number of ether oxygens (including phenoxy) is 1. The Morgan fingerprint density at radius 2 is 1.79 bits per heavy atom. The van der Waals surface area contributed by atoms with E-state index in [2.05, 4.69) is 20.4 Å². The molecule has 4 rings (SSSR count). The first-order valence-electron chi connectivity index (χ1n) is 12.3. The number of carbonyl (C=O) groups excluding carboxylic acids is 1. The molecule has 1 aromatic carbocycles. The van der Waals surface area contributed by atoms with Crippen LogP contribution in [0.5, 0.6) is 0 Å². The summed E-state index contributed by atoms with van der Waals surface area (Å²) in [5.41, 5.74) is 1.41. The van der Waals surface area contributed by atoms with Crippen molar-refractivity contribution in [2.24, 2.45) is 11.8 Å². The smallest absolute Gasteiger partial charge is 0.413 e. The van der Waals surface area contributed by atoms with Crippen LogP contribution in [0.2, 0.25) is 5.28 Å². The Balaban J connectivity index is 1.56. The van der Waals surface area contributed by atoms with Gasteiger partial charge in [0.25, 0.3) is 5.78 Å². The van der Waals surface area contributed by atoms with E-state index < -0.39 is 42.0 Å². The molecule has 2 atom stereocenters. The van der Waals surface area contributed by atoms with Crippen LogP contribution in [0.25, 0.3) is 5.78 Å². The zero-order valence-corrected chi connectivity index (χ0v) is 22.2. The van der Waals surface area contributed by atoms with Crippen LogP contribution in [0.1, 0.15) is 56.0 Å². The number of anilines is 2. The Morgan fingerprint density at radius 1 is 1.18 bits per heavy atom. The molecule has 0 radical (unpaired) electrons.